The van der Waals surface area contributed by atoms with E-state index in [1.165, 1.54) is 32.1 Å². The molecular formula is C5H13BN. The minimum absolute atomic E-state index is 0. The van der Waals surface area contributed by atoms with Crippen molar-refractivity contribution in [2.75, 3.05) is 0 Å². The predicted octanol–water partition coefficient (Wildman–Crippen LogP) is 1.73. The molecule has 0 heterocycles. The molecule has 0 atom stereocenters. The molecule has 1 aliphatic rings. The molecule has 1 fully saturated rings. The third-order valence-electron chi connectivity index (χ3n) is 1.25. The highest BCUT2D eigenvalue weighted by molar-refractivity contribution is 5.75. The first-order chi connectivity index (χ1) is 2.50. The molecule has 0 aliphatic heterocycles. The maximum atomic E-state index is 1.50. The fraction of sp³-hybridized carbons (Fsp3) is 1.00. The summed E-state index contributed by atoms with van der Waals surface area (Å²) in [5, 5.41) is 0. The zero-order chi connectivity index (χ0) is 3.54. The molecule has 1 rings (SSSR count). The largest absolute Gasteiger partial charge is 0.344 e. The van der Waals surface area contributed by atoms with Crippen LogP contribution in [0, 0.1) is 0 Å². The quantitative estimate of drug-likeness (QED) is 0.460. The predicted molar refractivity (Wildman–Crippen MR) is 33.9 cm³/mol. The molecule has 0 amide bonds. The van der Waals surface area contributed by atoms with E-state index in [0.717, 1.165) is 0 Å². The summed E-state index contributed by atoms with van der Waals surface area (Å²) < 4.78 is 0. The smallest absolute Gasteiger partial charge is 0 e. The third kappa shape index (κ3) is 3.87. The minimum Gasteiger partial charge on any atom is -0.344 e. The first-order valence-electron chi connectivity index (χ1n) is 2.50. The van der Waals surface area contributed by atoms with Crippen molar-refractivity contribution in [1.29, 1.82) is 0 Å². The van der Waals surface area contributed by atoms with E-state index in [-0.39, 0.29) is 14.6 Å². The molecule has 0 bridgehead atoms. The summed E-state index contributed by atoms with van der Waals surface area (Å²) in [7, 11) is 0. The van der Waals surface area contributed by atoms with Crippen LogP contribution in [-0.2, 0) is 0 Å². The van der Waals surface area contributed by atoms with E-state index in [1.807, 2.05) is 0 Å². The third-order valence-corrected chi connectivity index (χ3v) is 1.25. The molecule has 3 N–H and O–H groups in total. The Morgan fingerprint density at radius 1 is 0.571 bits per heavy atom. The lowest BCUT2D eigenvalue weighted by Gasteiger charge is -1.67. The van der Waals surface area contributed by atoms with Gasteiger partial charge in [-0.1, -0.05) is 32.1 Å². The Hall–Kier alpha value is 0.0249. The molecular weight excluding hydrogens is 84.9 g/mol. The molecule has 0 unspecified atom stereocenters. The average Bonchev–Trinajstić information content (AvgIpc) is 1.76. The van der Waals surface area contributed by atoms with Crippen LogP contribution < -0.4 is 6.15 Å². The van der Waals surface area contributed by atoms with E-state index in [2.05, 4.69) is 0 Å². The van der Waals surface area contributed by atoms with Gasteiger partial charge >= 0.3 is 0 Å². The second-order valence-corrected chi connectivity index (χ2v) is 1.77. The van der Waals surface area contributed by atoms with Crippen LogP contribution in [0.2, 0.25) is 0 Å². The van der Waals surface area contributed by atoms with Gasteiger partial charge in [0.25, 0.3) is 0 Å². The monoisotopic (exact) mass is 98.1 g/mol. The van der Waals surface area contributed by atoms with Crippen molar-refractivity contribution < 1.29 is 0 Å². The molecule has 1 nitrogen and oxygen atoms in total. The van der Waals surface area contributed by atoms with Gasteiger partial charge in [-0.3, -0.25) is 0 Å². The molecule has 0 aromatic carbocycles. The average molecular weight is 98.0 g/mol. The standard InChI is InChI=1S/C5H10.B.H3N/c1-2-4-5-3-1;;/h1-5H2;;1H3. The van der Waals surface area contributed by atoms with Gasteiger partial charge in [0.05, 0.1) is 0 Å². The van der Waals surface area contributed by atoms with E-state index in [9.17, 15) is 0 Å². The molecule has 1 saturated carbocycles. The maximum absolute atomic E-state index is 1.50. The summed E-state index contributed by atoms with van der Waals surface area (Å²) in [4.78, 5) is 0. The van der Waals surface area contributed by atoms with Crippen LogP contribution in [0.3, 0.4) is 0 Å². The normalized spacial score (nSPS) is 17.1. The number of hydrogen-bond donors (Lipinski definition) is 1. The van der Waals surface area contributed by atoms with Crippen molar-refractivity contribution in [3.05, 3.63) is 0 Å². The van der Waals surface area contributed by atoms with Crippen molar-refractivity contribution in [3.8, 4) is 0 Å². The van der Waals surface area contributed by atoms with Crippen molar-refractivity contribution in [3.63, 3.8) is 0 Å². The highest BCUT2D eigenvalue weighted by Crippen LogP contribution is 2.15. The lowest BCUT2D eigenvalue weighted by Crippen LogP contribution is -1.47. The van der Waals surface area contributed by atoms with Crippen LogP contribution in [0.25, 0.3) is 0 Å². The second kappa shape index (κ2) is 6.02. The molecule has 7 heavy (non-hydrogen) atoms. The summed E-state index contributed by atoms with van der Waals surface area (Å²) in [6.45, 7) is 0. The van der Waals surface area contributed by atoms with E-state index in [4.69, 9.17) is 0 Å². The van der Waals surface area contributed by atoms with Crippen molar-refractivity contribution in [1.82, 2.24) is 6.15 Å². The van der Waals surface area contributed by atoms with E-state index in [0.29, 0.717) is 0 Å². The minimum atomic E-state index is 0. The van der Waals surface area contributed by atoms with Gasteiger partial charge < -0.3 is 6.15 Å². The van der Waals surface area contributed by atoms with Crippen LogP contribution in [-0.4, -0.2) is 8.41 Å². The Morgan fingerprint density at radius 2 is 0.714 bits per heavy atom. The van der Waals surface area contributed by atoms with Crippen molar-refractivity contribution in [2.45, 2.75) is 32.1 Å². The van der Waals surface area contributed by atoms with E-state index >= 15 is 0 Å². The summed E-state index contributed by atoms with van der Waals surface area (Å²) in [5.41, 5.74) is 0. The number of hydrogen-bond acceptors (Lipinski definition) is 1. The van der Waals surface area contributed by atoms with Crippen molar-refractivity contribution in [2.24, 2.45) is 0 Å². The molecule has 0 aromatic rings. The SMILES string of the molecule is C1CCCC1.N.[B]. The van der Waals surface area contributed by atoms with Crippen LogP contribution in [0.5, 0.6) is 0 Å². The van der Waals surface area contributed by atoms with Gasteiger partial charge in [0, 0.05) is 8.41 Å². The van der Waals surface area contributed by atoms with Gasteiger partial charge in [0.2, 0.25) is 0 Å². The summed E-state index contributed by atoms with van der Waals surface area (Å²) in [6, 6.07) is 0. The highest BCUT2D eigenvalue weighted by Gasteiger charge is 1.95. The van der Waals surface area contributed by atoms with Crippen LogP contribution in [0.15, 0.2) is 0 Å². The Kier molecular flexibility index (Phi) is 8.69. The Balaban J connectivity index is 0. The first kappa shape index (κ1) is 10.1. The van der Waals surface area contributed by atoms with Crippen LogP contribution >= 0.6 is 0 Å². The fourth-order valence-electron chi connectivity index (χ4n) is 0.884. The Bertz CT molecular complexity index is 19.7. The first-order valence-corrected chi connectivity index (χ1v) is 2.50. The van der Waals surface area contributed by atoms with Gasteiger partial charge in [-0.25, -0.2) is 0 Å². The molecule has 3 radical (unpaired) electrons. The van der Waals surface area contributed by atoms with E-state index in [1.54, 1.807) is 0 Å². The van der Waals surface area contributed by atoms with Gasteiger partial charge in [0.15, 0.2) is 0 Å². The molecule has 0 aromatic heterocycles. The van der Waals surface area contributed by atoms with E-state index < -0.39 is 0 Å². The molecule has 1 aliphatic carbocycles. The zero-order valence-electron chi connectivity index (χ0n) is 4.82. The zero-order valence-corrected chi connectivity index (χ0v) is 4.82. The van der Waals surface area contributed by atoms with Gasteiger partial charge in [-0.15, -0.1) is 0 Å². The van der Waals surface area contributed by atoms with Gasteiger partial charge in [0.1, 0.15) is 0 Å². The maximum Gasteiger partial charge on any atom is 0 e. The van der Waals surface area contributed by atoms with Crippen LogP contribution in [0.4, 0.5) is 0 Å². The summed E-state index contributed by atoms with van der Waals surface area (Å²) >= 11 is 0. The molecule has 0 spiro atoms. The van der Waals surface area contributed by atoms with Gasteiger partial charge in [-0.2, -0.15) is 0 Å². The van der Waals surface area contributed by atoms with Gasteiger partial charge in [-0.05, 0) is 0 Å². The molecule has 41 valence electrons. The second-order valence-electron chi connectivity index (χ2n) is 1.77. The lowest BCUT2D eigenvalue weighted by molar-refractivity contribution is 0.886. The molecule has 2 heteroatoms. The topological polar surface area (TPSA) is 35.0 Å². The Morgan fingerprint density at radius 3 is 0.857 bits per heavy atom. The highest BCUT2D eigenvalue weighted by atomic mass is 14.0. The number of rotatable bonds is 0. The molecule has 0 saturated heterocycles. The van der Waals surface area contributed by atoms with Crippen molar-refractivity contribution >= 4 is 8.41 Å². The fourth-order valence-corrected chi connectivity index (χ4v) is 0.884. The Labute approximate surface area is 47.7 Å². The summed E-state index contributed by atoms with van der Waals surface area (Å²) in [6.07, 6.45) is 7.50. The lowest BCUT2D eigenvalue weighted by atomic mass is 10.4. The summed E-state index contributed by atoms with van der Waals surface area (Å²) in [5.74, 6) is 0. The van der Waals surface area contributed by atoms with Crippen LogP contribution in [0.1, 0.15) is 32.1 Å².